The summed E-state index contributed by atoms with van der Waals surface area (Å²) in [6.07, 6.45) is 5.64. The normalized spacial score (nSPS) is 16.2. The number of hydrogen-bond acceptors (Lipinski definition) is 5. The van der Waals surface area contributed by atoms with Crippen LogP contribution in [0.2, 0.25) is 0 Å². The number of rotatable bonds is 4. The lowest BCUT2D eigenvalue weighted by molar-refractivity contribution is 0.181. The quantitative estimate of drug-likeness (QED) is 0.798. The van der Waals surface area contributed by atoms with Crippen LogP contribution in [0.4, 0.5) is 5.95 Å². The van der Waals surface area contributed by atoms with Crippen molar-refractivity contribution in [3.8, 4) is 5.82 Å². The van der Waals surface area contributed by atoms with Gasteiger partial charge in [-0.25, -0.2) is 9.67 Å². The molecule has 2 N–H and O–H groups in total. The van der Waals surface area contributed by atoms with Crippen molar-refractivity contribution >= 4 is 16.9 Å². The first kappa shape index (κ1) is 15.1. The molecule has 0 saturated heterocycles. The maximum atomic E-state index is 5.85. The monoisotopic (exact) mass is 323 g/mol. The Labute approximate surface area is 140 Å². The zero-order chi connectivity index (χ0) is 16.7. The number of aromatic nitrogens is 4. The van der Waals surface area contributed by atoms with Gasteiger partial charge in [0, 0.05) is 18.6 Å². The zero-order valence-electron chi connectivity index (χ0n) is 14.0. The molecule has 0 amide bonds. The summed E-state index contributed by atoms with van der Waals surface area (Å²) in [6.45, 7) is 2.72. The molecule has 2 aromatic heterocycles. The fraction of sp³-hybridized carbons (Fsp3) is 0.389. The molecule has 0 radical (unpaired) electrons. The molecule has 6 heteroatoms. The van der Waals surface area contributed by atoms with Crippen molar-refractivity contribution in [2.75, 3.05) is 12.8 Å². The van der Waals surface area contributed by atoms with Crippen LogP contribution in [0.15, 0.2) is 30.5 Å². The van der Waals surface area contributed by atoms with E-state index in [1.807, 2.05) is 16.9 Å². The Hall–Kier alpha value is -2.47. The molecular formula is C18H21N5O. The summed E-state index contributed by atoms with van der Waals surface area (Å²) in [4.78, 5) is 8.54. The van der Waals surface area contributed by atoms with Crippen LogP contribution < -0.4 is 5.73 Å². The topological polar surface area (TPSA) is 78.8 Å². The molecule has 24 heavy (non-hydrogen) atoms. The number of nitrogens with two attached hydrogens (primary N) is 1. The van der Waals surface area contributed by atoms with Crippen LogP contribution in [-0.4, -0.2) is 26.9 Å². The van der Waals surface area contributed by atoms with Crippen LogP contribution in [0.5, 0.6) is 0 Å². The second-order valence-corrected chi connectivity index (χ2v) is 6.75. The summed E-state index contributed by atoms with van der Waals surface area (Å²) < 4.78 is 6.98. The predicted molar refractivity (Wildman–Crippen MR) is 93.0 cm³/mol. The number of nitrogens with zero attached hydrogens (tertiary/aromatic N) is 4. The summed E-state index contributed by atoms with van der Waals surface area (Å²) >= 11 is 0. The van der Waals surface area contributed by atoms with Gasteiger partial charge in [0.15, 0.2) is 5.82 Å². The van der Waals surface area contributed by atoms with E-state index in [1.54, 1.807) is 7.11 Å². The number of anilines is 1. The van der Waals surface area contributed by atoms with Crippen molar-refractivity contribution in [1.29, 1.82) is 0 Å². The second kappa shape index (κ2) is 5.56. The Kier molecular flexibility index (Phi) is 3.49. The van der Waals surface area contributed by atoms with Crippen molar-refractivity contribution in [3.05, 3.63) is 41.7 Å². The molecule has 3 aromatic rings. The molecule has 0 unspecified atom stereocenters. The number of ether oxygens (including phenoxy) is 1. The minimum Gasteiger partial charge on any atom is -0.378 e. The third kappa shape index (κ3) is 2.43. The second-order valence-electron chi connectivity index (χ2n) is 6.75. The lowest BCUT2D eigenvalue weighted by atomic mass is 9.66. The van der Waals surface area contributed by atoms with Crippen LogP contribution in [0.3, 0.4) is 0 Å². The highest BCUT2D eigenvalue weighted by molar-refractivity contribution is 5.81. The minimum absolute atomic E-state index is 0.227. The maximum absolute atomic E-state index is 5.85. The Morgan fingerprint density at radius 3 is 2.79 bits per heavy atom. The summed E-state index contributed by atoms with van der Waals surface area (Å²) in [7, 11) is 1.63. The van der Waals surface area contributed by atoms with E-state index >= 15 is 0 Å². The average molecular weight is 323 g/mol. The molecule has 1 saturated carbocycles. The predicted octanol–water partition coefficient (Wildman–Crippen LogP) is 2.99. The van der Waals surface area contributed by atoms with E-state index in [0.29, 0.717) is 12.4 Å². The molecule has 0 spiro atoms. The third-order valence-corrected chi connectivity index (χ3v) is 5.02. The van der Waals surface area contributed by atoms with Gasteiger partial charge in [-0.3, -0.25) is 0 Å². The van der Waals surface area contributed by atoms with Gasteiger partial charge >= 0.3 is 0 Å². The fourth-order valence-corrected chi connectivity index (χ4v) is 3.41. The first-order valence-corrected chi connectivity index (χ1v) is 8.20. The Bertz CT molecular complexity index is 898. The van der Waals surface area contributed by atoms with Crippen molar-refractivity contribution < 1.29 is 4.74 Å². The SMILES string of the molecule is COCc1cc(-n2ncc3ccc(C4(C)CCC4)cc32)nc(N)n1. The molecular weight excluding hydrogens is 302 g/mol. The van der Waals surface area contributed by atoms with Crippen molar-refractivity contribution in [2.45, 2.75) is 38.2 Å². The van der Waals surface area contributed by atoms with Crippen LogP contribution in [0, 0.1) is 0 Å². The minimum atomic E-state index is 0.227. The highest BCUT2D eigenvalue weighted by Crippen LogP contribution is 2.43. The van der Waals surface area contributed by atoms with Gasteiger partial charge in [-0.2, -0.15) is 10.1 Å². The standard InChI is InChI=1S/C18H21N5O/c1-18(6-3-7-18)13-5-4-12-10-20-23(15(12)8-13)16-9-14(11-24-2)21-17(19)22-16/h4-5,8-10H,3,6-7,11H2,1-2H3,(H2,19,21,22). The molecule has 6 nitrogen and oxygen atoms in total. The largest absolute Gasteiger partial charge is 0.378 e. The molecule has 0 atom stereocenters. The zero-order valence-corrected chi connectivity index (χ0v) is 14.0. The third-order valence-electron chi connectivity index (χ3n) is 5.02. The molecule has 1 aliphatic carbocycles. The summed E-state index contributed by atoms with van der Waals surface area (Å²) in [5, 5.41) is 5.59. The van der Waals surface area contributed by atoms with Crippen molar-refractivity contribution in [3.63, 3.8) is 0 Å². The van der Waals surface area contributed by atoms with E-state index in [-0.39, 0.29) is 11.4 Å². The first-order chi connectivity index (χ1) is 11.6. The molecule has 0 aliphatic heterocycles. The van der Waals surface area contributed by atoms with E-state index in [2.05, 4.69) is 40.2 Å². The van der Waals surface area contributed by atoms with Crippen LogP contribution in [0.1, 0.15) is 37.4 Å². The summed E-state index contributed by atoms with van der Waals surface area (Å²) in [5.41, 5.74) is 9.29. The number of hydrogen-bond donors (Lipinski definition) is 1. The van der Waals surface area contributed by atoms with E-state index in [1.165, 1.54) is 24.8 Å². The van der Waals surface area contributed by atoms with E-state index in [4.69, 9.17) is 10.5 Å². The van der Waals surface area contributed by atoms with Crippen molar-refractivity contribution in [1.82, 2.24) is 19.7 Å². The molecule has 4 rings (SSSR count). The van der Waals surface area contributed by atoms with Gasteiger partial charge in [-0.1, -0.05) is 25.5 Å². The first-order valence-electron chi connectivity index (χ1n) is 8.20. The van der Waals surface area contributed by atoms with Crippen LogP contribution >= 0.6 is 0 Å². The van der Waals surface area contributed by atoms with E-state index in [0.717, 1.165) is 16.6 Å². The van der Waals surface area contributed by atoms with Crippen LogP contribution in [0.25, 0.3) is 16.7 Å². The highest BCUT2D eigenvalue weighted by atomic mass is 16.5. The molecule has 1 aliphatic rings. The van der Waals surface area contributed by atoms with Gasteiger partial charge < -0.3 is 10.5 Å². The molecule has 1 fully saturated rings. The van der Waals surface area contributed by atoms with Gasteiger partial charge in [-0.15, -0.1) is 0 Å². The molecule has 2 heterocycles. The van der Waals surface area contributed by atoms with E-state index < -0.39 is 0 Å². The van der Waals surface area contributed by atoms with Crippen molar-refractivity contribution in [2.24, 2.45) is 0 Å². The van der Waals surface area contributed by atoms with Gasteiger partial charge in [0.2, 0.25) is 5.95 Å². The number of fused-ring (bicyclic) bond motifs is 1. The smallest absolute Gasteiger partial charge is 0.222 e. The number of nitrogen functional groups attached to an aromatic ring is 1. The Morgan fingerprint density at radius 1 is 1.25 bits per heavy atom. The molecule has 1 aromatic carbocycles. The van der Waals surface area contributed by atoms with Gasteiger partial charge in [0.25, 0.3) is 0 Å². The highest BCUT2D eigenvalue weighted by Gasteiger charge is 2.33. The Balaban J connectivity index is 1.83. The fourth-order valence-electron chi connectivity index (χ4n) is 3.41. The average Bonchev–Trinajstić information content (AvgIpc) is 2.95. The van der Waals surface area contributed by atoms with E-state index in [9.17, 15) is 0 Å². The van der Waals surface area contributed by atoms with Crippen LogP contribution in [-0.2, 0) is 16.8 Å². The van der Waals surface area contributed by atoms with Gasteiger partial charge in [0.05, 0.1) is 24.0 Å². The lowest BCUT2D eigenvalue weighted by Crippen LogP contribution is -2.30. The molecule has 124 valence electrons. The lowest BCUT2D eigenvalue weighted by Gasteiger charge is -2.39. The molecule has 0 bridgehead atoms. The number of methoxy groups -OCH3 is 1. The maximum Gasteiger partial charge on any atom is 0.222 e. The summed E-state index contributed by atoms with van der Waals surface area (Å²) in [5.74, 6) is 0.894. The van der Waals surface area contributed by atoms with Gasteiger partial charge in [0.1, 0.15) is 0 Å². The van der Waals surface area contributed by atoms with Gasteiger partial charge in [-0.05, 0) is 29.9 Å². The Morgan fingerprint density at radius 2 is 2.08 bits per heavy atom. The number of benzene rings is 1. The summed E-state index contributed by atoms with van der Waals surface area (Å²) in [6, 6.07) is 8.45.